The summed E-state index contributed by atoms with van der Waals surface area (Å²) in [6.07, 6.45) is 4.67. The molecule has 92 valence electrons. The molecule has 1 aliphatic carbocycles. The summed E-state index contributed by atoms with van der Waals surface area (Å²) in [7, 11) is 0. The van der Waals surface area contributed by atoms with Crippen LogP contribution in [-0.2, 0) is 9.59 Å². The summed E-state index contributed by atoms with van der Waals surface area (Å²) in [5, 5.41) is 11.9. The number of carboxylic acid groups (broad SMARTS) is 1. The van der Waals surface area contributed by atoms with Crippen molar-refractivity contribution < 1.29 is 14.7 Å². The first-order valence-corrected chi connectivity index (χ1v) is 6.95. The zero-order chi connectivity index (χ0) is 12.2. The number of thioether (sulfide) groups is 1. The Balaban J connectivity index is 2.47. The van der Waals surface area contributed by atoms with Crippen molar-refractivity contribution in [1.29, 1.82) is 0 Å². The molecule has 0 aromatic rings. The van der Waals surface area contributed by atoms with Gasteiger partial charge in [0.05, 0.1) is 0 Å². The van der Waals surface area contributed by atoms with Crippen LogP contribution < -0.4 is 5.32 Å². The van der Waals surface area contributed by atoms with Gasteiger partial charge in [0.2, 0.25) is 5.91 Å². The van der Waals surface area contributed by atoms with Crippen LogP contribution in [0.3, 0.4) is 0 Å². The highest BCUT2D eigenvalue weighted by molar-refractivity contribution is 7.98. The Morgan fingerprint density at radius 3 is 2.50 bits per heavy atom. The lowest BCUT2D eigenvalue weighted by molar-refractivity contribution is -0.162. The van der Waals surface area contributed by atoms with Gasteiger partial charge in [0, 0.05) is 6.04 Å². The van der Waals surface area contributed by atoms with Crippen molar-refractivity contribution in [1.82, 2.24) is 5.32 Å². The summed E-state index contributed by atoms with van der Waals surface area (Å²) in [5.74, 6) is -0.310. The van der Waals surface area contributed by atoms with E-state index in [1.165, 1.54) is 0 Å². The summed E-state index contributed by atoms with van der Waals surface area (Å²) in [5.41, 5.74) is -1.13. The molecular weight excluding hydrogens is 226 g/mol. The van der Waals surface area contributed by atoms with E-state index in [4.69, 9.17) is 5.11 Å². The molecule has 1 aliphatic rings. The molecule has 1 fully saturated rings. The Kier molecular flexibility index (Phi) is 4.65. The van der Waals surface area contributed by atoms with Gasteiger partial charge in [0.25, 0.3) is 0 Å². The molecule has 0 heterocycles. The lowest BCUT2D eigenvalue weighted by atomic mass is 9.68. The second-order valence-electron chi connectivity index (χ2n) is 4.40. The summed E-state index contributed by atoms with van der Waals surface area (Å²) in [6, 6.07) is 0.0526. The molecule has 0 aliphatic heterocycles. The summed E-state index contributed by atoms with van der Waals surface area (Å²) < 4.78 is 0. The second-order valence-corrected chi connectivity index (χ2v) is 5.38. The van der Waals surface area contributed by atoms with Gasteiger partial charge in [-0.25, -0.2) is 0 Å². The van der Waals surface area contributed by atoms with Crippen LogP contribution in [0.25, 0.3) is 0 Å². The first-order valence-electron chi connectivity index (χ1n) is 5.56. The van der Waals surface area contributed by atoms with E-state index >= 15 is 0 Å². The number of rotatable bonds is 6. The number of nitrogens with one attached hydrogen (secondary N) is 1. The summed E-state index contributed by atoms with van der Waals surface area (Å²) in [4.78, 5) is 22.9. The van der Waals surface area contributed by atoms with E-state index in [1.54, 1.807) is 11.8 Å². The van der Waals surface area contributed by atoms with Crippen LogP contribution in [0.2, 0.25) is 0 Å². The van der Waals surface area contributed by atoms with Crippen molar-refractivity contribution in [2.45, 2.75) is 38.6 Å². The number of carbonyl (C=O) groups excluding carboxylic acids is 1. The van der Waals surface area contributed by atoms with E-state index in [1.807, 2.05) is 13.2 Å². The maximum absolute atomic E-state index is 11.9. The molecule has 1 rings (SSSR count). The van der Waals surface area contributed by atoms with Gasteiger partial charge < -0.3 is 10.4 Å². The van der Waals surface area contributed by atoms with Gasteiger partial charge in [-0.1, -0.05) is 6.42 Å². The highest BCUT2D eigenvalue weighted by Gasteiger charge is 2.51. The SMILES string of the molecule is CSCCC(C)NC(=O)C1(C(=O)O)CCC1. The van der Waals surface area contributed by atoms with Gasteiger partial charge in [-0.2, -0.15) is 11.8 Å². The fourth-order valence-corrected chi connectivity index (χ4v) is 2.39. The fraction of sp³-hybridized carbons (Fsp3) is 0.818. The van der Waals surface area contributed by atoms with Crippen molar-refractivity contribution in [3.05, 3.63) is 0 Å². The molecule has 1 saturated carbocycles. The fourth-order valence-electron chi connectivity index (χ4n) is 1.80. The number of carboxylic acids is 1. The minimum Gasteiger partial charge on any atom is -0.480 e. The van der Waals surface area contributed by atoms with Gasteiger partial charge in [-0.3, -0.25) is 9.59 Å². The summed E-state index contributed by atoms with van der Waals surface area (Å²) in [6.45, 7) is 1.92. The lowest BCUT2D eigenvalue weighted by Crippen LogP contribution is -2.53. The van der Waals surface area contributed by atoms with Crippen LogP contribution in [0.5, 0.6) is 0 Å². The number of amides is 1. The van der Waals surface area contributed by atoms with Crippen LogP contribution in [0.4, 0.5) is 0 Å². The minimum absolute atomic E-state index is 0.0526. The number of hydrogen-bond acceptors (Lipinski definition) is 3. The van der Waals surface area contributed by atoms with E-state index in [0.717, 1.165) is 18.6 Å². The monoisotopic (exact) mass is 245 g/mol. The molecule has 0 aromatic heterocycles. The number of aliphatic carboxylic acids is 1. The first kappa shape index (κ1) is 13.4. The normalized spacial score (nSPS) is 19.6. The molecule has 5 heteroatoms. The third-order valence-corrected chi connectivity index (χ3v) is 3.83. The van der Waals surface area contributed by atoms with Crippen molar-refractivity contribution in [3.63, 3.8) is 0 Å². The molecule has 0 radical (unpaired) electrons. The number of carbonyl (C=O) groups is 2. The third kappa shape index (κ3) is 2.70. The van der Waals surface area contributed by atoms with Crippen LogP contribution in [0, 0.1) is 5.41 Å². The molecule has 1 atom stereocenters. The van der Waals surface area contributed by atoms with Crippen LogP contribution >= 0.6 is 11.8 Å². The average molecular weight is 245 g/mol. The van der Waals surface area contributed by atoms with E-state index in [0.29, 0.717) is 12.8 Å². The molecule has 0 aromatic carbocycles. The Hall–Kier alpha value is -0.710. The molecule has 0 spiro atoms. The van der Waals surface area contributed by atoms with Crippen LogP contribution in [0.15, 0.2) is 0 Å². The van der Waals surface area contributed by atoms with Crippen molar-refractivity contribution in [2.75, 3.05) is 12.0 Å². The molecule has 0 saturated heterocycles. The van der Waals surface area contributed by atoms with E-state index in [2.05, 4.69) is 5.32 Å². The molecule has 0 bridgehead atoms. The second kappa shape index (κ2) is 5.57. The standard InChI is InChI=1S/C11H19NO3S/c1-8(4-7-16-2)12-9(13)11(10(14)15)5-3-6-11/h8H,3-7H2,1-2H3,(H,12,13)(H,14,15). The Morgan fingerprint density at radius 1 is 1.50 bits per heavy atom. The Morgan fingerprint density at radius 2 is 2.12 bits per heavy atom. The Bertz CT molecular complexity index is 276. The Labute approximate surface area is 100 Å². The van der Waals surface area contributed by atoms with Crippen LogP contribution in [-0.4, -0.2) is 35.0 Å². The van der Waals surface area contributed by atoms with Gasteiger partial charge >= 0.3 is 5.97 Å². The predicted molar refractivity (Wildman–Crippen MR) is 64.5 cm³/mol. The third-order valence-electron chi connectivity index (χ3n) is 3.18. The quantitative estimate of drug-likeness (QED) is 0.696. The van der Waals surface area contributed by atoms with Gasteiger partial charge in [-0.05, 0) is 38.2 Å². The van der Waals surface area contributed by atoms with Gasteiger partial charge in [-0.15, -0.1) is 0 Å². The minimum atomic E-state index is -1.13. The molecule has 16 heavy (non-hydrogen) atoms. The number of hydrogen-bond donors (Lipinski definition) is 2. The topological polar surface area (TPSA) is 66.4 Å². The highest BCUT2D eigenvalue weighted by Crippen LogP contribution is 2.41. The molecular formula is C11H19NO3S. The van der Waals surface area contributed by atoms with Crippen molar-refractivity contribution in [2.24, 2.45) is 5.41 Å². The van der Waals surface area contributed by atoms with Crippen molar-refractivity contribution in [3.8, 4) is 0 Å². The van der Waals surface area contributed by atoms with Crippen molar-refractivity contribution >= 4 is 23.6 Å². The lowest BCUT2D eigenvalue weighted by Gasteiger charge is -2.36. The summed E-state index contributed by atoms with van der Waals surface area (Å²) >= 11 is 1.72. The largest absolute Gasteiger partial charge is 0.480 e. The smallest absolute Gasteiger partial charge is 0.319 e. The van der Waals surface area contributed by atoms with E-state index in [-0.39, 0.29) is 11.9 Å². The van der Waals surface area contributed by atoms with E-state index < -0.39 is 11.4 Å². The predicted octanol–water partition coefficient (Wildman–Crippen LogP) is 1.50. The molecule has 2 N–H and O–H groups in total. The molecule has 1 unspecified atom stereocenters. The van der Waals surface area contributed by atoms with Crippen LogP contribution in [0.1, 0.15) is 32.6 Å². The highest BCUT2D eigenvalue weighted by atomic mass is 32.2. The van der Waals surface area contributed by atoms with Gasteiger partial charge in [0.1, 0.15) is 5.41 Å². The maximum atomic E-state index is 11.9. The van der Waals surface area contributed by atoms with Gasteiger partial charge in [0.15, 0.2) is 0 Å². The maximum Gasteiger partial charge on any atom is 0.319 e. The zero-order valence-corrected chi connectivity index (χ0v) is 10.6. The zero-order valence-electron chi connectivity index (χ0n) is 9.78. The van der Waals surface area contributed by atoms with E-state index in [9.17, 15) is 9.59 Å². The molecule has 1 amide bonds. The molecule has 4 nitrogen and oxygen atoms in total. The first-order chi connectivity index (χ1) is 7.53. The average Bonchev–Trinajstić information content (AvgIpc) is 2.11.